The van der Waals surface area contributed by atoms with Crippen LogP contribution in [0.25, 0.3) is 0 Å². The van der Waals surface area contributed by atoms with Crippen LogP contribution in [-0.4, -0.2) is 9.78 Å². The predicted octanol–water partition coefficient (Wildman–Crippen LogP) is 1.47. The van der Waals surface area contributed by atoms with E-state index < -0.39 is 0 Å². The molecule has 3 heteroatoms. The standard InChI is InChI=1S/C11H13N3/c1-14-10(7-8-13-14)11(12)9-5-3-2-4-6-9/h2-8,11H,12H2,1H3. The van der Waals surface area contributed by atoms with Crippen molar-refractivity contribution in [2.45, 2.75) is 6.04 Å². The molecule has 0 fully saturated rings. The van der Waals surface area contributed by atoms with E-state index in [0.29, 0.717) is 0 Å². The summed E-state index contributed by atoms with van der Waals surface area (Å²) in [5, 5.41) is 4.10. The summed E-state index contributed by atoms with van der Waals surface area (Å²) in [5.41, 5.74) is 8.23. The lowest BCUT2D eigenvalue weighted by atomic mass is 10.1. The molecule has 1 aromatic carbocycles. The predicted molar refractivity (Wildman–Crippen MR) is 55.7 cm³/mol. The first kappa shape index (κ1) is 8.97. The van der Waals surface area contributed by atoms with Gasteiger partial charge in [0.1, 0.15) is 0 Å². The van der Waals surface area contributed by atoms with Crippen LogP contribution in [0, 0.1) is 0 Å². The average molecular weight is 187 g/mol. The molecule has 1 atom stereocenters. The highest BCUT2D eigenvalue weighted by molar-refractivity contribution is 5.26. The highest BCUT2D eigenvalue weighted by Crippen LogP contribution is 2.17. The summed E-state index contributed by atoms with van der Waals surface area (Å²) in [5.74, 6) is 0. The van der Waals surface area contributed by atoms with E-state index in [9.17, 15) is 0 Å². The van der Waals surface area contributed by atoms with Gasteiger partial charge in [0.15, 0.2) is 0 Å². The molecule has 2 N–H and O–H groups in total. The molecule has 0 aliphatic carbocycles. The molecule has 2 rings (SSSR count). The van der Waals surface area contributed by atoms with Crippen molar-refractivity contribution in [2.24, 2.45) is 12.8 Å². The first-order valence-corrected chi connectivity index (χ1v) is 4.57. The average Bonchev–Trinajstić information content (AvgIpc) is 2.65. The van der Waals surface area contributed by atoms with Crippen LogP contribution in [0.2, 0.25) is 0 Å². The third-order valence-corrected chi connectivity index (χ3v) is 2.34. The van der Waals surface area contributed by atoms with E-state index in [1.165, 1.54) is 0 Å². The van der Waals surface area contributed by atoms with Gasteiger partial charge in [0.2, 0.25) is 0 Å². The summed E-state index contributed by atoms with van der Waals surface area (Å²) in [6, 6.07) is 11.9. The van der Waals surface area contributed by atoms with E-state index in [4.69, 9.17) is 5.73 Å². The van der Waals surface area contributed by atoms with E-state index >= 15 is 0 Å². The van der Waals surface area contributed by atoms with Crippen molar-refractivity contribution < 1.29 is 0 Å². The Morgan fingerprint density at radius 2 is 1.93 bits per heavy atom. The fourth-order valence-electron chi connectivity index (χ4n) is 1.52. The fourth-order valence-corrected chi connectivity index (χ4v) is 1.52. The SMILES string of the molecule is Cn1nccc1C(N)c1ccccc1. The van der Waals surface area contributed by atoms with Crippen molar-refractivity contribution in [3.8, 4) is 0 Å². The van der Waals surface area contributed by atoms with Gasteiger partial charge in [-0.15, -0.1) is 0 Å². The Balaban J connectivity index is 2.34. The molecule has 1 heterocycles. The lowest BCUT2D eigenvalue weighted by molar-refractivity contribution is 0.673. The summed E-state index contributed by atoms with van der Waals surface area (Å²) in [4.78, 5) is 0. The van der Waals surface area contributed by atoms with Crippen LogP contribution < -0.4 is 5.73 Å². The molecule has 0 bridgehead atoms. The van der Waals surface area contributed by atoms with Gasteiger partial charge in [-0.05, 0) is 11.6 Å². The second-order valence-electron chi connectivity index (χ2n) is 3.27. The highest BCUT2D eigenvalue weighted by atomic mass is 15.3. The third kappa shape index (κ3) is 1.54. The molecular formula is C11H13N3. The number of rotatable bonds is 2. The van der Waals surface area contributed by atoms with E-state index in [2.05, 4.69) is 5.10 Å². The second-order valence-corrected chi connectivity index (χ2v) is 3.27. The first-order chi connectivity index (χ1) is 6.79. The Morgan fingerprint density at radius 3 is 2.50 bits per heavy atom. The molecule has 0 saturated carbocycles. The van der Waals surface area contributed by atoms with E-state index in [0.717, 1.165) is 11.3 Å². The van der Waals surface area contributed by atoms with E-state index in [1.54, 1.807) is 10.9 Å². The molecule has 0 radical (unpaired) electrons. The van der Waals surface area contributed by atoms with Gasteiger partial charge < -0.3 is 5.73 Å². The maximum absolute atomic E-state index is 6.10. The maximum atomic E-state index is 6.10. The number of nitrogens with zero attached hydrogens (tertiary/aromatic N) is 2. The van der Waals surface area contributed by atoms with Crippen LogP contribution in [-0.2, 0) is 7.05 Å². The Bertz CT molecular complexity index is 405. The minimum Gasteiger partial charge on any atom is -0.319 e. The number of aromatic nitrogens is 2. The molecule has 2 aromatic rings. The van der Waals surface area contributed by atoms with Gasteiger partial charge in [0.25, 0.3) is 0 Å². The van der Waals surface area contributed by atoms with Crippen LogP contribution in [0.1, 0.15) is 17.3 Å². The number of hydrogen-bond acceptors (Lipinski definition) is 2. The first-order valence-electron chi connectivity index (χ1n) is 4.57. The Hall–Kier alpha value is -1.61. The lowest BCUT2D eigenvalue weighted by Crippen LogP contribution is -2.15. The monoisotopic (exact) mass is 187 g/mol. The number of aryl methyl sites for hydroxylation is 1. The van der Waals surface area contributed by atoms with Gasteiger partial charge in [0, 0.05) is 13.2 Å². The van der Waals surface area contributed by atoms with Crippen LogP contribution in [0.5, 0.6) is 0 Å². The van der Waals surface area contributed by atoms with Crippen molar-refractivity contribution in [2.75, 3.05) is 0 Å². The topological polar surface area (TPSA) is 43.8 Å². The Kier molecular flexibility index (Phi) is 2.33. The molecule has 1 unspecified atom stereocenters. The summed E-state index contributed by atoms with van der Waals surface area (Å²) in [6.07, 6.45) is 1.76. The van der Waals surface area contributed by atoms with Gasteiger partial charge in [-0.3, -0.25) is 4.68 Å². The normalized spacial score (nSPS) is 12.7. The third-order valence-electron chi connectivity index (χ3n) is 2.34. The molecule has 0 spiro atoms. The summed E-state index contributed by atoms with van der Waals surface area (Å²) in [7, 11) is 1.90. The van der Waals surface area contributed by atoms with Crippen molar-refractivity contribution in [3.63, 3.8) is 0 Å². The Labute approximate surface area is 83.2 Å². The minimum absolute atomic E-state index is 0.0938. The van der Waals surface area contributed by atoms with Crippen molar-refractivity contribution >= 4 is 0 Å². The number of nitrogens with two attached hydrogens (primary N) is 1. The second kappa shape index (κ2) is 3.64. The molecule has 0 aliphatic rings. The largest absolute Gasteiger partial charge is 0.319 e. The van der Waals surface area contributed by atoms with Crippen LogP contribution >= 0.6 is 0 Å². The summed E-state index contributed by atoms with van der Waals surface area (Å²) in [6.45, 7) is 0. The minimum atomic E-state index is -0.0938. The van der Waals surface area contributed by atoms with Crippen LogP contribution in [0.15, 0.2) is 42.6 Å². The van der Waals surface area contributed by atoms with E-state index in [-0.39, 0.29) is 6.04 Å². The van der Waals surface area contributed by atoms with Gasteiger partial charge in [0.05, 0.1) is 11.7 Å². The smallest absolute Gasteiger partial charge is 0.0723 e. The molecule has 1 aromatic heterocycles. The molecule has 14 heavy (non-hydrogen) atoms. The van der Waals surface area contributed by atoms with Crippen LogP contribution in [0.3, 0.4) is 0 Å². The lowest BCUT2D eigenvalue weighted by Gasteiger charge is -2.11. The van der Waals surface area contributed by atoms with Gasteiger partial charge >= 0.3 is 0 Å². The van der Waals surface area contributed by atoms with Gasteiger partial charge in [-0.1, -0.05) is 30.3 Å². The molecule has 0 aliphatic heterocycles. The zero-order valence-electron chi connectivity index (χ0n) is 8.09. The van der Waals surface area contributed by atoms with Crippen molar-refractivity contribution in [3.05, 3.63) is 53.9 Å². The molecule has 72 valence electrons. The quantitative estimate of drug-likeness (QED) is 0.773. The Morgan fingerprint density at radius 1 is 1.21 bits per heavy atom. The van der Waals surface area contributed by atoms with Gasteiger partial charge in [-0.2, -0.15) is 5.10 Å². The van der Waals surface area contributed by atoms with Gasteiger partial charge in [-0.25, -0.2) is 0 Å². The highest BCUT2D eigenvalue weighted by Gasteiger charge is 2.10. The molecular weight excluding hydrogens is 174 g/mol. The van der Waals surface area contributed by atoms with Crippen LogP contribution in [0.4, 0.5) is 0 Å². The van der Waals surface area contributed by atoms with Crippen molar-refractivity contribution in [1.82, 2.24) is 9.78 Å². The zero-order chi connectivity index (χ0) is 9.97. The maximum Gasteiger partial charge on any atom is 0.0723 e. The summed E-state index contributed by atoms with van der Waals surface area (Å²) >= 11 is 0. The summed E-state index contributed by atoms with van der Waals surface area (Å²) < 4.78 is 1.80. The number of hydrogen-bond donors (Lipinski definition) is 1. The molecule has 0 amide bonds. The molecule has 3 nitrogen and oxygen atoms in total. The van der Waals surface area contributed by atoms with E-state index in [1.807, 2.05) is 43.4 Å². The van der Waals surface area contributed by atoms with Crippen molar-refractivity contribution in [1.29, 1.82) is 0 Å². The molecule has 0 saturated heterocycles. The fraction of sp³-hybridized carbons (Fsp3) is 0.182. The number of benzene rings is 1. The zero-order valence-corrected chi connectivity index (χ0v) is 8.09.